The van der Waals surface area contributed by atoms with E-state index in [1.165, 1.54) is 12.1 Å². The first-order valence-corrected chi connectivity index (χ1v) is 11.0. The maximum atomic E-state index is 13.1. The maximum absolute atomic E-state index is 13.1. The number of rotatable bonds is 4. The van der Waals surface area contributed by atoms with E-state index in [0.717, 1.165) is 29.4 Å². The molecule has 1 N–H and O–H groups in total. The second kappa shape index (κ2) is 8.03. The molecule has 5 nitrogen and oxygen atoms in total. The smallest absolute Gasteiger partial charge is 0.416 e. The van der Waals surface area contributed by atoms with E-state index in [9.17, 15) is 23.1 Å². The molecule has 9 heteroatoms. The first-order chi connectivity index (χ1) is 16.1. The van der Waals surface area contributed by atoms with Crippen LogP contribution in [0.5, 0.6) is 0 Å². The van der Waals surface area contributed by atoms with Crippen LogP contribution in [0.25, 0.3) is 16.6 Å². The van der Waals surface area contributed by atoms with Crippen LogP contribution in [-0.2, 0) is 27.9 Å². The van der Waals surface area contributed by atoms with Crippen LogP contribution in [0.4, 0.5) is 13.2 Å². The van der Waals surface area contributed by atoms with Gasteiger partial charge in [-0.2, -0.15) is 21.9 Å². The van der Waals surface area contributed by atoms with Crippen LogP contribution in [0, 0.1) is 6.92 Å². The van der Waals surface area contributed by atoms with Gasteiger partial charge in [-0.05, 0) is 42.3 Å². The highest BCUT2D eigenvalue weighted by Gasteiger charge is 2.48. The Morgan fingerprint density at radius 2 is 1.65 bits per heavy atom. The van der Waals surface area contributed by atoms with Crippen LogP contribution in [0.3, 0.4) is 0 Å². The number of ether oxygens (including phenoxy) is 1. The highest BCUT2D eigenvalue weighted by Crippen LogP contribution is 2.45. The van der Waals surface area contributed by atoms with E-state index in [1.807, 2.05) is 6.92 Å². The lowest BCUT2D eigenvalue weighted by Gasteiger charge is -2.26. The molecule has 0 spiro atoms. The minimum Gasteiger partial charge on any atom is -0.421 e. The summed E-state index contributed by atoms with van der Waals surface area (Å²) >= 11 is 1.04. The van der Waals surface area contributed by atoms with Gasteiger partial charge in [0.05, 0.1) is 22.9 Å². The zero-order valence-electron chi connectivity index (χ0n) is 17.8. The number of hydrogen-bond donors (Lipinski definition) is 1. The first-order valence-electron chi connectivity index (χ1n) is 10.3. The molecule has 0 fully saturated rings. The number of hydrogen-bond acceptors (Lipinski definition) is 6. The van der Waals surface area contributed by atoms with Gasteiger partial charge >= 0.3 is 12.1 Å². The summed E-state index contributed by atoms with van der Waals surface area (Å²) in [6.07, 6.45) is -4.47. The molecular weight excluding hydrogens is 465 g/mol. The lowest BCUT2D eigenvalue weighted by molar-refractivity contribution is -0.185. The first kappa shape index (κ1) is 22.2. The van der Waals surface area contributed by atoms with E-state index in [4.69, 9.17) is 4.74 Å². The molecule has 1 aromatic heterocycles. The minimum absolute atomic E-state index is 0.00304. The van der Waals surface area contributed by atoms with Gasteiger partial charge in [0, 0.05) is 17.6 Å². The summed E-state index contributed by atoms with van der Waals surface area (Å²) in [7, 11) is 0. The summed E-state index contributed by atoms with van der Waals surface area (Å²) in [5.41, 5.74) is 3.13. The Labute approximate surface area is 196 Å². The molecule has 1 aliphatic heterocycles. The molecule has 5 rings (SSSR count). The highest BCUT2D eigenvalue weighted by molar-refractivity contribution is 7.00. The Hall–Kier alpha value is -3.56. The number of halogens is 3. The Bertz CT molecular complexity index is 1430. The molecule has 2 heterocycles. The number of fused-ring (bicyclic) bond motifs is 1. The summed E-state index contributed by atoms with van der Waals surface area (Å²) in [5, 5.41) is 11.6. The number of nitrogens with zero attached hydrogens (tertiary/aromatic N) is 2. The van der Waals surface area contributed by atoms with Crippen molar-refractivity contribution in [3.63, 3.8) is 0 Å². The topological polar surface area (TPSA) is 72.3 Å². The highest BCUT2D eigenvalue weighted by atomic mass is 32.1. The standard InChI is InChI=1S/C25H17F3N2O3S/c1-14-2-7-17(8-3-14)24(32)19(12-15-4-9-18(10-5-15)25(26,27)28)22(23(31)33-24)16-6-11-20-21(13-16)30-34-29-20/h2-11,13,32H,12H2,1H3. The Morgan fingerprint density at radius 3 is 2.32 bits per heavy atom. The average molecular weight is 482 g/mol. The molecule has 34 heavy (non-hydrogen) atoms. The quantitative estimate of drug-likeness (QED) is 0.394. The van der Waals surface area contributed by atoms with Gasteiger partial charge in [-0.15, -0.1) is 0 Å². The number of carbonyl (C=O) groups excluding carboxylic acids is 1. The van der Waals surface area contributed by atoms with E-state index in [2.05, 4.69) is 8.75 Å². The predicted octanol–water partition coefficient (Wildman–Crippen LogP) is 5.42. The summed E-state index contributed by atoms with van der Waals surface area (Å²) in [4.78, 5) is 13.1. The summed E-state index contributed by atoms with van der Waals surface area (Å²) in [6, 6.07) is 16.6. The molecule has 1 unspecified atom stereocenters. The number of carbonyl (C=O) groups is 1. The molecule has 4 aromatic rings. The minimum atomic E-state index is -4.46. The van der Waals surface area contributed by atoms with Gasteiger partial charge in [0.1, 0.15) is 11.0 Å². The van der Waals surface area contributed by atoms with Crippen LogP contribution in [-0.4, -0.2) is 19.8 Å². The maximum Gasteiger partial charge on any atom is 0.416 e. The molecule has 1 atom stereocenters. The molecule has 0 saturated carbocycles. The van der Waals surface area contributed by atoms with Crippen molar-refractivity contribution >= 4 is 34.3 Å². The molecule has 0 aliphatic carbocycles. The zero-order chi connectivity index (χ0) is 24.1. The number of aromatic nitrogens is 2. The normalized spacial score (nSPS) is 18.6. The van der Waals surface area contributed by atoms with Crippen molar-refractivity contribution in [2.75, 3.05) is 0 Å². The van der Waals surface area contributed by atoms with Gasteiger partial charge < -0.3 is 9.84 Å². The van der Waals surface area contributed by atoms with Gasteiger partial charge in [-0.1, -0.05) is 48.0 Å². The second-order valence-electron chi connectivity index (χ2n) is 8.09. The molecule has 1 aliphatic rings. The molecule has 172 valence electrons. The van der Waals surface area contributed by atoms with Crippen molar-refractivity contribution in [1.29, 1.82) is 0 Å². The summed E-state index contributed by atoms with van der Waals surface area (Å²) in [5.74, 6) is -2.80. The van der Waals surface area contributed by atoms with E-state index >= 15 is 0 Å². The third-order valence-corrected chi connectivity index (χ3v) is 6.36. The van der Waals surface area contributed by atoms with E-state index in [-0.39, 0.29) is 17.6 Å². The third kappa shape index (κ3) is 3.86. The number of aryl methyl sites for hydroxylation is 1. The number of benzene rings is 3. The van der Waals surface area contributed by atoms with Gasteiger partial charge in [0.25, 0.3) is 5.79 Å². The number of cyclic esters (lactones) is 1. The van der Waals surface area contributed by atoms with Crippen LogP contribution in [0.1, 0.15) is 27.8 Å². The molecule has 0 saturated heterocycles. The third-order valence-electron chi connectivity index (χ3n) is 5.80. The van der Waals surface area contributed by atoms with Gasteiger partial charge in [-0.25, -0.2) is 4.79 Å². The Balaban J connectivity index is 1.66. The van der Waals surface area contributed by atoms with Crippen molar-refractivity contribution < 1.29 is 27.8 Å². The fourth-order valence-electron chi connectivity index (χ4n) is 4.01. The van der Waals surface area contributed by atoms with Gasteiger partial charge in [0.2, 0.25) is 0 Å². The Kier molecular flexibility index (Phi) is 5.26. The number of esters is 1. The lowest BCUT2D eigenvalue weighted by atomic mass is 9.87. The van der Waals surface area contributed by atoms with Gasteiger partial charge in [-0.3, -0.25) is 0 Å². The van der Waals surface area contributed by atoms with E-state index in [1.54, 1.807) is 42.5 Å². The average Bonchev–Trinajstić information content (AvgIpc) is 3.36. The molecule has 3 aromatic carbocycles. The van der Waals surface area contributed by atoms with Crippen LogP contribution in [0.15, 0.2) is 72.3 Å². The van der Waals surface area contributed by atoms with Crippen molar-refractivity contribution in [2.45, 2.75) is 25.3 Å². The fraction of sp³-hybridized carbons (Fsp3) is 0.160. The largest absolute Gasteiger partial charge is 0.421 e. The summed E-state index contributed by atoms with van der Waals surface area (Å²) in [6.45, 7) is 1.88. The van der Waals surface area contributed by atoms with Crippen LogP contribution < -0.4 is 0 Å². The molecule has 0 bridgehead atoms. The zero-order valence-corrected chi connectivity index (χ0v) is 18.6. The monoisotopic (exact) mass is 482 g/mol. The predicted molar refractivity (Wildman–Crippen MR) is 121 cm³/mol. The molecule has 0 radical (unpaired) electrons. The van der Waals surface area contributed by atoms with Crippen LogP contribution >= 0.6 is 11.7 Å². The van der Waals surface area contributed by atoms with Gasteiger partial charge in [0.15, 0.2) is 0 Å². The van der Waals surface area contributed by atoms with Crippen LogP contribution in [0.2, 0.25) is 0 Å². The van der Waals surface area contributed by atoms with Crippen molar-refractivity contribution in [2.24, 2.45) is 0 Å². The van der Waals surface area contributed by atoms with E-state index in [0.29, 0.717) is 27.7 Å². The van der Waals surface area contributed by atoms with Crippen molar-refractivity contribution in [3.8, 4) is 0 Å². The lowest BCUT2D eigenvalue weighted by Crippen LogP contribution is -2.29. The number of alkyl halides is 3. The van der Waals surface area contributed by atoms with Crippen molar-refractivity contribution in [1.82, 2.24) is 8.75 Å². The fourth-order valence-corrected chi connectivity index (χ4v) is 4.52. The number of aliphatic hydroxyl groups is 1. The van der Waals surface area contributed by atoms with E-state index < -0.39 is 23.5 Å². The molecule has 0 amide bonds. The SMILES string of the molecule is Cc1ccc(C2(O)OC(=O)C(c3ccc4nsnc4c3)=C2Cc2ccc(C(F)(F)F)cc2)cc1. The Morgan fingerprint density at radius 1 is 0.971 bits per heavy atom. The van der Waals surface area contributed by atoms with Crippen molar-refractivity contribution in [3.05, 3.63) is 100 Å². The summed E-state index contributed by atoms with van der Waals surface area (Å²) < 4.78 is 52.9. The second-order valence-corrected chi connectivity index (χ2v) is 8.62. The molecular formula is C25H17F3N2O3S.